The normalized spacial score (nSPS) is 10.6. The molecule has 0 saturated carbocycles. The second-order valence-electron chi connectivity index (χ2n) is 5.52. The zero-order chi connectivity index (χ0) is 17.8. The van der Waals surface area contributed by atoms with Crippen molar-refractivity contribution in [3.8, 4) is 5.69 Å². The van der Waals surface area contributed by atoms with Crippen molar-refractivity contribution in [2.45, 2.75) is 26.7 Å². The number of aromatic nitrogens is 4. The summed E-state index contributed by atoms with van der Waals surface area (Å²) in [5.74, 6) is 0.316. The summed E-state index contributed by atoms with van der Waals surface area (Å²) in [5.41, 5.74) is 3.22. The van der Waals surface area contributed by atoms with E-state index in [9.17, 15) is 10.1 Å². The summed E-state index contributed by atoms with van der Waals surface area (Å²) in [6.45, 7) is 4.03. The molecule has 0 unspecified atom stereocenters. The van der Waals surface area contributed by atoms with E-state index in [4.69, 9.17) is 0 Å². The van der Waals surface area contributed by atoms with Gasteiger partial charge in [-0.05, 0) is 52.6 Å². The highest BCUT2D eigenvalue weighted by Gasteiger charge is 2.17. The van der Waals surface area contributed by atoms with Crippen LogP contribution in [0.15, 0.2) is 42.5 Å². The molecule has 1 heterocycles. The molecule has 128 valence electrons. The average molecular weight is 338 g/mol. The van der Waals surface area contributed by atoms with Gasteiger partial charge in [-0.3, -0.25) is 10.1 Å². The highest BCUT2D eigenvalue weighted by Crippen LogP contribution is 2.28. The molecule has 8 heteroatoms. The van der Waals surface area contributed by atoms with Crippen molar-refractivity contribution in [3.05, 3.63) is 63.7 Å². The van der Waals surface area contributed by atoms with Gasteiger partial charge in [0.25, 0.3) is 11.6 Å². The molecule has 25 heavy (non-hydrogen) atoms. The van der Waals surface area contributed by atoms with Crippen LogP contribution in [0.2, 0.25) is 0 Å². The van der Waals surface area contributed by atoms with Crippen LogP contribution in [0.1, 0.15) is 25.0 Å². The van der Waals surface area contributed by atoms with E-state index in [1.165, 1.54) is 10.2 Å². The number of nitrogens with one attached hydrogen (secondary N) is 1. The van der Waals surface area contributed by atoms with Crippen LogP contribution in [0.4, 0.5) is 17.3 Å². The third-order valence-corrected chi connectivity index (χ3v) is 3.97. The molecule has 0 fully saturated rings. The van der Waals surface area contributed by atoms with Crippen LogP contribution >= 0.6 is 0 Å². The van der Waals surface area contributed by atoms with Gasteiger partial charge in [0.15, 0.2) is 0 Å². The third kappa shape index (κ3) is 3.47. The number of nitro benzene ring substituents is 1. The lowest BCUT2D eigenvalue weighted by atomic mass is 10.1. The van der Waals surface area contributed by atoms with Gasteiger partial charge in [-0.1, -0.05) is 37.1 Å². The Labute approximate surface area is 144 Å². The van der Waals surface area contributed by atoms with Gasteiger partial charge in [0.2, 0.25) is 0 Å². The Bertz CT molecular complexity index is 888. The van der Waals surface area contributed by atoms with Crippen LogP contribution in [0, 0.1) is 10.1 Å². The van der Waals surface area contributed by atoms with Crippen LogP contribution in [-0.2, 0) is 12.8 Å². The van der Waals surface area contributed by atoms with Gasteiger partial charge >= 0.3 is 0 Å². The lowest BCUT2D eigenvalue weighted by Gasteiger charge is -2.09. The van der Waals surface area contributed by atoms with E-state index in [2.05, 4.69) is 27.8 Å². The minimum atomic E-state index is -0.411. The average Bonchev–Trinajstić information content (AvgIpc) is 3.10. The molecule has 0 amide bonds. The summed E-state index contributed by atoms with van der Waals surface area (Å²) < 4.78 is 1.51. The summed E-state index contributed by atoms with van der Waals surface area (Å²) in [6, 6.07) is 12.9. The van der Waals surface area contributed by atoms with Crippen molar-refractivity contribution < 1.29 is 4.92 Å². The first kappa shape index (κ1) is 16.6. The molecule has 0 saturated heterocycles. The smallest absolute Gasteiger partial charge is 0.293 e. The summed E-state index contributed by atoms with van der Waals surface area (Å²) in [5, 5.41) is 25.9. The Morgan fingerprint density at radius 2 is 1.76 bits per heavy atom. The summed E-state index contributed by atoms with van der Waals surface area (Å²) in [4.78, 5) is 10.9. The monoisotopic (exact) mass is 338 g/mol. The summed E-state index contributed by atoms with van der Waals surface area (Å²) in [7, 11) is 0. The zero-order valence-electron chi connectivity index (χ0n) is 14.0. The van der Waals surface area contributed by atoms with Gasteiger partial charge in [0, 0.05) is 6.07 Å². The first-order chi connectivity index (χ1) is 12.1. The Kier molecular flexibility index (Phi) is 4.69. The first-order valence-electron chi connectivity index (χ1n) is 8.04. The predicted octanol–water partition coefficient (Wildman–Crippen LogP) is 3.44. The maximum Gasteiger partial charge on any atom is 0.293 e. The quantitative estimate of drug-likeness (QED) is 0.546. The van der Waals surface area contributed by atoms with Crippen molar-refractivity contribution in [2.24, 2.45) is 0 Å². The molecule has 8 nitrogen and oxygen atoms in total. The number of hydrogen-bond donors (Lipinski definition) is 1. The largest absolute Gasteiger partial charge is 0.317 e. The molecule has 0 aliphatic carbocycles. The maximum absolute atomic E-state index is 11.4. The molecule has 1 N–H and O–H groups in total. The lowest BCUT2D eigenvalue weighted by molar-refractivity contribution is -0.384. The highest BCUT2D eigenvalue weighted by atomic mass is 16.6. The minimum Gasteiger partial charge on any atom is -0.317 e. The second-order valence-corrected chi connectivity index (χ2v) is 5.52. The van der Waals surface area contributed by atoms with E-state index >= 15 is 0 Å². The number of anilines is 2. The second kappa shape index (κ2) is 7.08. The Balaban J connectivity index is 1.94. The van der Waals surface area contributed by atoms with Gasteiger partial charge in [-0.2, -0.15) is 4.68 Å². The Morgan fingerprint density at radius 1 is 1.08 bits per heavy atom. The van der Waals surface area contributed by atoms with E-state index < -0.39 is 4.92 Å². The van der Waals surface area contributed by atoms with Crippen molar-refractivity contribution in [1.29, 1.82) is 0 Å². The van der Waals surface area contributed by atoms with Gasteiger partial charge < -0.3 is 5.32 Å². The minimum absolute atomic E-state index is 0.00442. The van der Waals surface area contributed by atoms with Crippen LogP contribution in [0.3, 0.4) is 0 Å². The maximum atomic E-state index is 11.4. The Hall–Kier alpha value is -3.29. The third-order valence-electron chi connectivity index (χ3n) is 3.97. The fourth-order valence-electron chi connectivity index (χ4n) is 2.49. The van der Waals surface area contributed by atoms with E-state index in [-0.39, 0.29) is 5.69 Å². The lowest BCUT2D eigenvalue weighted by Crippen LogP contribution is -2.05. The molecule has 2 aromatic carbocycles. The number of aryl methyl sites for hydroxylation is 2. The number of benzene rings is 2. The molecule has 0 radical (unpaired) electrons. The van der Waals surface area contributed by atoms with E-state index in [1.54, 1.807) is 12.1 Å². The predicted molar refractivity (Wildman–Crippen MR) is 94.3 cm³/mol. The van der Waals surface area contributed by atoms with Crippen molar-refractivity contribution in [2.75, 3.05) is 5.32 Å². The van der Waals surface area contributed by atoms with Crippen molar-refractivity contribution >= 4 is 17.3 Å². The first-order valence-corrected chi connectivity index (χ1v) is 8.04. The summed E-state index contributed by atoms with van der Waals surface area (Å²) >= 11 is 0. The van der Waals surface area contributed by atoms with Gasteiger partial charge in [-0.25, -0.2) is 0 Å². The molecule has 1 aromatic heterocycles. The summed E-state index contributed by atoms with van der Waals surface area (Å²) in [6.07, 6.45) is 1.67. The molecule has 0 bridgehead atoms. The molecule has 0 atom stereocenters. The van der Waals surface area contributed by atoms with Gasteiger partial charge in [-0.15, -0.1) is 0 Å². The zero-order valence-corrected chi connectivity index (χ0v) is 14.0. The molecule has 0 aliphatic heterocycles. The van der Waals surface area contributed by atoms with Crippen molar-refractivity contribution in [3.63, 3.8) is 0 Å². The standard InChI is InChI=1S/C17H18N6O2/c1-3-12-5-8-14(9-6-12)22-17(19-20-21-22)18-15-10-7-13(4-2)11-16(15)23(24)25/h5-11H,3-4H2,1-2H3,(H,18,19,21). The molecule has 3 rings (SSSR count). The number of rotatable bonds is 6. The van der Waals surface area contributed by atoms with Crippen LogP contribution in [0.25, 0.3) is 5.69 Å². The van der Waals surface area contributed by atoms with Crippen LogP contribution < -0.4 is 5.32 Å². The van der Waals surface area contributed by atoms with E-state index in [0.29, 0.717) is 11.6 Å². The highest BCUT2D eigenvalue weighted by molar-refractivity contribution is 5.67. The number of nitro groups is 1. The van der Waals surface area contributed by atoms with Crippen molar-refractivity contribution in [1.82, 2.24) is 20.2 Å². The van der Waals surface area contributed by atoms with Gasteiger partial charge in [0.1, 0.15) is 5.69 Å². The number of hydrogen-bond acceptors (Lipinski definition) is 6. The fraction of sp³-hybridized carbons (Fsp3) is 0.235. The number of tetrazole rings is 1. The number of nitrogens with zero attached hydrogens (tertiary/aromatic N) is 5. The SMILES string of the molecule is CCc1ccc(-n2nnnc2Nc2ccc(CC)cc2[N+](=O)[O-])cc1. The molecular weight excluding hydrogens is 320 g/mol. The topological polar surface area (TPSA) is 98.8 Å². The molecule has 0 spiro atoms. The molecule has 3 aromatic rings. The van der Waals surface area contributed by atoms with E-state index in [0.717, 1.165) is 24.1 Å². The van der Waals surface area contributed by atoms with Crippen LogP contribution in [-0.4, -0.2) is 25.1 Å². The van der Waals surface area contributed by atoms with E-state index in [1.807, 2.05) is 37.3 Å². The molecular formula is C17H18N6O2. The van der Waals surface area contributed by atoms with Gasteiger partial charge in [0.05, 0.1) is 10.6 Å². The molecule has 0 aliphatic rings. The van der Waals surface area contributed by atoms with Crippen LogP contribution in [0.5, 0.6) is 0 Å². The Morgan fingerprint density at radius 3 is 2.40 bits per heavy atom. The fourth-order valence-corrected chi connectivity index (χ4v) is 2.49.